The number of aromatic nitrogens is 4. The quantitative estimate of drug-likeness (QED) is 0.341. The van der Waals surface area contributed by atoms with Crippen molar-refractivity contribution in [3.63, 3.8) is 0 Å². The topological polar surface area (TPSA) is 86.3 Å². The molecule has 0 aliphatic carbocycles. The van der Waals surface area contributed by atoms with E-state index in [0.29, 0.717) is 24.6 Å². The minimum Gasteiger partial charge on any atom is -0.494 e. The number of rotatable bonds is 6. The third-order valence-corrected chi connectivity index (χ3v) is 6.64. The summed E-state index contributed by atoms with van der Waals surface area (Å²) in [7, 11) is 1.42. The van der Waals surface area contributed by atoms with Crippen molar-refractivity contribution in [1.82, 2.24) is 19.7 Å². The molecule has 5 rings (SSSR count). The first-order chi connectivity index (χ1) is 17.3. The van der Waals surface area contributed by atoms with Crippen LogP contribution >= 0.6 is 0 Å². The summed E-state index contributed by atoms with van der Waals surface area (Å²) in [4.78, 5) is 24.7. The van der Waals surface area contributed by atoms with E-state index in [9.17, 15) is 9.18 Å². The number of hydrogen-bond acceptors (Lipinski definition) is 6. The van der Waals surface area contributed by atoms with Gasteiger partial charge in [0.1, 0.15) is 17.1 Å². The molecule has 8 nitrogen and oxygen atoms in total. The molecule has 0 bridgehead atoms. The summed E-state index contributed by atoms with van der Waals surface area (Å²) in [5, 5.41) is 4.07. The van der Waals surface area contributed by atoms with Gasteiger partial charge in [-0.3, -0.25) is 4.79 Å². The van der Waals surface area contributed by atoms with Crippen molar-refractivity contribution >= 4 is 22.8 Å². The summed E-state index contributed by atoms with van der Waals surface area (Å²) in [5.41, 5.74) is 4.58. The lowest BCUT2D eigenvalue weighted by Gasteiger charge is -2.35. The number of nitrogens with zero attached hydrogens (tertiary/aromatic N) is 5. The fourth-order valence-electron chi connectivity index (χ4n) is 5.10. The van der Waals surface area contributed by atoms with Gasteiger partial charge in [-0.25, -0.2) is 14.4 Å². The smallest absolute Gasteiger partial charge is 0.227 e. The molecule has 9 heteroatoms. The number of imidazole rings is 1. The van der Waals surface area contributed by atoms with Crippen LogP contribution in [0.25, 0.3) is 22.3 Å². The number of ether oxygens (including phenoxy) is 1. The standard InChI is InChI=1S/C27H30FN5O3/c1-15(2)14-32-26-21(11-18(13-29-26)25-16(3)31-36-17(25)4)30-27(32)22-7-6-8-24(34)33(22)19-9-10-23(35-5)20(28)12-19/h9-13,15,22H,6-8,14H2,1-5H3/t22-/m0/s1. The molecule has 0 unspecified atom stereocenters. The monoisotopic (exact) mass is 491 g/mol. The van der Waals surface area contributed by atoms with Crippen LogP contribution in [0.1, 0.15) is 56.4 Å². The van der Waals surface area contributed by atoms with E-state index >= 15 is 0 Å². The highest BCUT2D eigenvalue weighted by Crippen LogP contribution is 2.38. The average molecular weight is 492 g/mol. The third-order valence-electron chi connectivity index (χ3n) is 6.64. The summed E-state index contributed by atoms with van der Waals surface area (Å²) in [5.74, 6) is 1.39. The Kier molecular flexibility index (Phi) is 6.24. The second-order valence-corrected chi connectivity index (χ2v) is 9.73. The third kappa shape index (κ3) is 4.12. The van der Waals surface area contributed by atoms with E-state index < -0.39 is 5.82 Å². The van der Waals surface area contributed by atoms with E-state index in [0.717, 1.165) is 52.4 Å². The number of hydrogen-bond donors (Lipinski definition) is 0. The maximum Gasteiger partial charge on any atom is 0.227 e. The number of carbonyl (C=O) groups excluding carboxylic acids is 1. The van der Waals surface area contributed by atoms with Crippen LogP contribution in [0.15, 0.2) is 35.0 Å². The molecule has 1 amide bonds. The van der Waals surface area contributed by atoms with Gasteiger partial charge < -0.3 is 18.7 Å². The number of fused-ring (bicyclic) bond motifs is 1. The number of carbonyl (C=O) groups is 1. The second-order valence-electron chi connectivity index (χ2n) is 9.73. The van der Waals surface area contributed by atoms with Crippen LogP contribution in [0.3, 0.4) is 0 Å². The lowest BCUT2D eigenvalue weighted by atomic mass is 9.99. The van der Waals surface area contributed by atoms with Gasteiger partial charge in [-0.15, -0.1) is 0 Å². The van der Waals surface area contributed by atoms with Crippen molar-refractivity contribution in [2.45, 2.75) is 59.5 Å². The first kappa shape index (κ1) is 24.0. The van der Waals surface area contributed by atoms with Crippen LogP contribution in [0.4, 0.5) is 10.1 Å². The molecule has 1 aliphatic heterocycles. The number of piperidine rings is 1. The zero-order valence-corrected chi connectivity index (χ0v) is 21.2. The molecule has 1 aliphatic rings. The van der Waals surface area contributed by atoms with Crippen molar-refractivity contribution in [3.05, 3.63) is 53.6 Å². The highest BCUT2D eigenvalue weighted by molar-refractivity contribution is 5.95. The molecule has 0 spiro atoms. The van der Waals surface area contributed by atoms with Gasteiger partial charge in [0.05, 0.1) is 18.8 Å². The Balaban J connectivity index is 1.65. The van der Waals surface area contributed by atoms with Crippen molar-refractivity contribution in [3.8, 4) is 16.9 Å². The molecule has 1 atom stereocenters. The Hall–Kier alpha value is -3.75. The van der Waals surface area contributed by atoms with Crippen molar-refractivity contribution in [1.29, 1.82) is 0 Å². The maximum atomic E-state index is 14.6. The predicted octanol–water partition coefficient (Wildman–Crippen LogP) is 5.77. The lowest BCUT2D eigenvalue weighted by molar-refractivity contribution is -0.120. The average Bonchev–Trinajstić information content (AvgIpc) is 3.37. The molecule has 36 heavy (non-hydrogen) atoms. The number of halogens is 1. The van der Waals surface area contributed by atoms with Crippen LogP contribution in [-0.4, -0.2) is 32.7 Å². The minimum atomic E-state index is -0.506. The summed E-state index contributed by atoms with van der Waals surface area (Å²) >= 11 is 0. The first-order valence-corrected chi connectivity index (χ1v) is 12.2. The molecule has 188 valence electrons. The van der Waals surface area contributed by atoms with Gasteiger partial charge in [0.2, 0.25) is 5.91 Å². The summed E-state index contributed by atoms with van der Waals surface area (Å²) in [6.07, 6.45) is 3.68. The van der Waals surface area contributed by atoms with Crippen LogP contribution in [0.5, 0.6) is 5.75 Å². The second kappa shape index (κ2) is 9.37. The molecular weight excluding hydrogens is 461 g/mol. The van der Waals surface area contributed by atoms with E-state index in [-0.39, 0.29) is 17.7 Å². The molecule has 1 aromatic carbocycles. The fraction of sp³-hybridized carbons (Fsp3) is 0.407. The maximum absolute atomic E-state index is 14.6. The Morgan fingerprint density at radius 1 is 1.25 bits per heavy atom. The van der Waals surface area contributed by atoms with Crippen LogP contribution in [-0.2, 0) is 11.3 Å². The van der Waals surface area contributed by atoms with E-state index in [1.165, 1.54) is 13.2 Å². The molecule has 0 N–H and O–H groups in total. The van der Waals surface area contributed by atoms with E-state index in [4.69, 9.17) is 19.2 Å². The molecule has 0 radical (unpaired) electrons. The number of pyridine rings is 1. The number of aryl methyl sites for hydroxylation is 2. The Morgan fingerprint density at radius 3 is 2.72 bits per heavy atom. The first-order valence-electron chi connectivity index (χ1n) is 12.2. The number of benzene rings is 1. The van der Waals surface area contributed by atoms with E-state index in [1.807, 2.05) is 26.1 Å². The van der Waals surface area contributed by atoms with E-state index in [2.05, 4.69) is 23.6 Å². The van der Waals surface area contributed by atoms with Crippen molar-refractivity contribution in [2.75, 3.05) is 12.0 Å². The van der Waals surface area contributed by atoms with Crippen molar-refractivity contribution in [2.24, 2.45) is 5.92 Å². The number of anilines is 1. The molecule has 3 aromatic heterocycles. The fourth-order valence-corrected chi connectivity index (χ4v) is 5.10. The normalized spacial score (nSPS) is 16.4. The molecule has 1 saturated heterocycles. The Labute approximate surface area is 209 Å². The Bertz CT molecular complexity index is 1420. The van der Waals surface area contributed by atoms with Gasteiger partial charge in [-0.05, 0) is 50.8 Å². The molecule has 4 aromatic rings. The van der Waals surface area contributed by atoms with Crippen LogP contribution in [0.2, 0.25) is 0 Å². The van der Waals surface area contributed by atoms with Crippen molar-refractivity contribution < 1.29 is 18.4 Å². The predicted molar refractivity (Wildman–Crippen MR) is 134 cm³/mol. The largest absolute Gasteiger partial charge is 0.494 e. The Morgan fingerprint density at radius 2 is 2.06 bits per heavy atom. The molecular formula is C27H30FN5O3. The van der Waals surface area contributed by atoms with Gasteiger partial charge in [0, 0.05) is 42.0 Å². The van der Waals surface area contributed by atoms with E-state index in [1.54, 1.807) is 17.0 Å². The van der Waals surface area contributed by atoms with Gasteiger partial charge in [0.15, 0.2) is 17.2 Å². The summed E-state index contributed by atoms with van der Waals surface area (Å²) in [6.45, 7) is 8.74. The van der Waals surface area contributed by atoms with Gasteiger partial charge in [-0.2, -0.15) is 0 Å². The number of amides is 1. The zero-order valence-electron chi connectivity index (χ0n) is 21.2. The van der Waals surface area contributed by atoms with Crippen LogP contribution < -0.4 is 9.64 Å². The SMILES string of the molecule is COc1ccc(N2C(=O)CCC[C@H]2c2nc3cc(-c4c(C)noc4C)cnc3n2CC(C)C)cc1F. The summed E-state index contributed by atoms with van der Waals surface area (Å²) in [6, 6.07) is 6.30. The number of methoxy groups -OCH3 is 1. The molecule has 0 saturated carbocycles. The van der Waals surface area contributed by atoms with Gasteiger partial charge >= 0.3 is 0 Å². The van der Waals surface area contributed by atoms with Gasteiger partial charge in [0.25, 0.3) is 0 Å². The minimum absolute atomic E-state index is 0.0525. The molecule has 4 heterocycles. The lowest BCUT2D eigenvalue weighted by Crippen LogP contribution is -2.39. The van der Waals surface area contributed by atoms with Gasteiger partial charge in [-0.1, -0.05) is 19.0 Å². The zero-order chi connectivity index (χ0) is 25.6. The highest BCUT2D eigenvalue weighted by Gasteiger charge is 2.35. The summed E-state index contributed by atoms with van der Waals surface area (Å²) < 4.78 is 27.1. The van der Waals surface area contributed by atoms with Crippen LogP contribution in [0, 0.1) is 25.6 Å². The molecule has 1 fully saturated rings. The highest BCUT2D eigenvalue weighted by atomic mass is 19.1.